The Morgan fingerprint density at radius 2 is 1.72 bits per heavy atom. The smallest absolute Gasteiger partial charge is 0.301 e. The number of unbranched alkanes of at least 4 members (excludes halogenated alkanes) is 1. The number of benzene rings is 3. The Labute approximate surface area is 275 Å². The molecule has 240 valence electrons. The number of halogens is 1. The van der Waals surface area contributed by atoms with E-state index in [1.807, 2.05) is 13.8 Å². The van der Waals surface area contributed by atoms with E-state index in [4.69, 9.17) is 14.2 Å². The van der Waals surface area contributed by atoms with Gasteiger partial charge >= 0.3 is 5.91 Å². The van der Waals surface area contributed by atoms with Crippen molar-refractivity contribution in [2.75, 3.05) is 24.7 Å². The zero-order chi connectivity index (χ0) is 32.6. The van der Waals surface area contributed by atoms with Gasteiger partial charge in [0.25, 0.3) is 5.78 Å². The predicted octanol–water partition coefficient (Wildman–Crippen LogP) is 7.57. The van der Waals surface area contributed by atoms with Gasteiger partial charge in [-0.05, 0) is 73.9 Å². The summed E-state index contributed by atoms with van der Waals surface area (Å²) in [5.74, 6) is -0.510. The van der Waals surface area contributed by atoms with Crippen LogP contribution >= 0.6 is 23.1 Å². The summed E-state index contributed by atoms with van der Waals surface area (Å²) in [5.41, 5.74) is 1.25. The molecule has 0 saturated carbocycles. The molecule has 0 radical (unpaired) electrons. The zero-order valence-corrected chi connectivity index (χ0v) is 27.3. The molecule has 1 N–H and O–H groups in total. The maximum Gasteiger partial charge on any atom is 0.301 e. The molecule has 5 rings (SSSR count). The summed E-state index contributed by atoms with van der Waals surface area (Å²) >= 11 is 2.37. The van der Waals surface area contributed by atoms with Gasteiger partial charge in [-0.15, -0.1) is 10.2 Å². The number of ether oxygens (including phenoxy) is 3. The molecule has 1 aliphatic rings. The van der Waals surface area contributed by atoms with Crippen LogP contribution in [0.4, 0.5) is 9.52 Å². The third-order valence-corrected chi connectivity index (χ3v) is 9.24. The lowest BCUT2D eigenvalue weighted by Crippen LogP contribution is -2.29. The van der Waals surface area contributed by atoms with Crippen molar-refractivity contribution < 1.29 is 33.3 Å². The highest BCUT2D eigenvalue weighted by molar-refractivity contribution is 8.00. The highest BCUT2D eigenvalue weighted by Crippen LogP contribution is 2.46. The van der Waals surface area contributed by atoms with Crippen molar-refractivity contribution in [1.29, 1.82) is 0 Å². The SMILES string of the molecule is CCCCOc1ccc(C2/C(=C(\O)c3ccc(OCC)cc3)C(=O)C(=O)N2c2nnc(SCc3ccccc3F)s2)cc1OCC. The number of ketones is 1. The number of anilines is 1. The van der Waals surface area contributed by atoms with Gasteiger partial charge in [-0.3, -0.25) is 14.5 Å². The molecule has 3 aromatic carbocycles. The Bertz CT molecular complexity index is 1730. The Morgan fingerprint density at radius 1 is 0.957 bits per heavy atom. The molecule has 4 aromatic rings. The molecular formula is C34H34FN3O6S2. The number of carbonyl (C=O) groups excluding carboxylic acids is 2. The van der Waals surface area contributed by atoms with E-state index in [2.05, 4.69) is 17.1 Å². The Balaban J connectivity index is 1.57. The van der Waals surface area contributed by atoms with Crippen molar-refractivity contribution in [1.82, 2.24) is 10.2 Å². The first kappa shape index (κ1) is 33.0. The van der Waals surface area contributed by atoms with Crippen molar-refractivity contribution in [3.8, 4) is 17.2 Å². The number of carbonyl (C=O) groups is 2. The van der Waals surface area contributed by atoms with Gasteiger partial charge in [0.2, 0.25) is 5.13 Å². The van der Waals surface area contributed by atoms with Gasteiger partial charge in [-0.25, -0.2) is 4.39 Å². The third kappa shape index (κ3) is 7.18. The third-order valence-electron chi connectivity index (χ3n) is 7.13. The van der Waals surface area contributed by atoms with Crippen LogP contribution in [0.2, 0.25) is 0 Å². The number of nitrogens with zero attached hydrogens (tertiary/aromatic N) is 3. The number of hydrogen-bond donors (Lipinski definition) is 1. The number of aliphatic hydroxyl groups excluding tert-OH is 1. The van der Waals surface area contributed by atoms with E-state index < -0.39 is 17.7 Å². The van der Waals surface area contributed by atoms with Crippen molar-refractivity contribution in [3.63, 3.8) is 0 Å². The highest BCUT2D eigenvalue weighted by atomic mass is 32.2. The second kappa shape index (κ2) is 15.2. The van der Waals surface area contributed by atoms with Crippen LogP contribution in [0.5, 0.6) is 17.2 Å². The summed E-state index contributed by atoms with van der Waals surface area (Å²) in [6.45, 7) is 7.12. The Kier molecular flexibility index (Phi) is 10.9. The molecule has 1 atom stereocenters. The monoisotopic (exact) mass is 663 g/mol. The summed E-state index contributed by atoms with van der Waals surface area (Å²) in [7, 11) is 0. The van der Waals surface area contributed by atoms with Gasteiger partial charge in [0.05, 0.1) is 31.4 Å². The molecule has 1 aromatic heterocycles. The van der Waals surface area contributed by atoms with Crippen molar-refractivity contribution in [3.05, 3.63) is 94.8 Å². The summed E-state index contributed by atoms with van der Waals surface area (Å²) in [4.78, 5) is 28.6. The Morgan fingerprint density at radius 3 is 2.43 bits per heavy atom. The number of hydrogen-bond acceptors (Lipinski definition) is 10. The van der Waals surface area contributed by atoms with E-state index in [9.17, 15) is 19.1 Å². The van der Waals surface area contributed by atoms with Gasteiger partial charge in [-0.1, -0.05) is 60.7 Å². The van der Waals surface area contributed by atoms with Crippen LogP contribution in [0, 0.1) is 5.82 Å². The topological polar surface area (TPSA) is 111 Å². The summed E-state index contributed by atoms with van der Waals surface area (Å²) in [6, 6.07) is 17.2. The molecule has 46 heavy (non-hydrogen) atoms. The molecule has 0 bridgehead atoms. The summed E-state index contributed by atoms with van der Waals surface area (Å²) < 4.78 is 32.1. The second-order valence-corrected chi connectivity index (χ2v) is 12.4. The van der Waals surface area contributed by atoms with E-state index >= 15 is 0 Å². The van der Waals surface area contributed by atoms with Gasteiger partial charge in [0, 0.05) is 11.3 Å². The maximum absolute atomic E-state index is 14.2. The molecule has 1 saturated heterocycles. The quantitative estimate of drug-likeness (QED) is 0.0365. The van der Waals surface area contributed by atoms with Gasteiger partial charge in [0.1, 0.15) is 17.3 Å². The van der Waals surface area contributed by atoms with Crippen molar-refractivity contribution >= 4 is 45.7 Å². The minimum absolute atomic E-state index is 0.105. The average molecular weight is 664 g/mol. The fraction of sp³-hybridized carbons (Fsp3) is 0.294. The van der Waals surface area contributed by atoms with E-state index in [1.165, 1.54) is 22.7 Å². The van der Waals surface area contributed by atoms with Crippen LogP contribution in [-0.4, -0.2) is 46.8 Å². The van der Waals surface area contributed by atoms with E-state index in [-0.39, 0.29) is 22.3 Å². The fourth-order valence-electron chi connectivity index (χ4n) is 4.90. The van der Waals surface area contributed by atoms with Crippen LogP contribution in [0.25, 0.3) is 5.76 Å². The molecule has 0 spiro atoms. The molecule has 1 unspecified atom stereocenters. The van der Waals surface area contributed by atoms with Gasteiger partial charge in [-0.2, -0.15) is 0 Å². The normalized spacial score (nSPS) is 15.7. The number of thioether (sulfide) groups is 1. The van der Waals surface area contributed by atoms with Crippen molar-refractivity contribution in [2.24, 2.45) is 0 Å². The van der Waals surface area contributed by atoms with Crippen LogP contribution in [-0.2, 0) is 15.3 Å². The minimum atomic E-state index is -1.05. The highest BCUT2D eigenvalue weighted by Gasteiger charge is 2.48. The van der Waals surface area contributed by atoms with Crippen LogP contribution < -0.4 is 19.1 Å². The van der Waals surface area contributed by atoms with Crippen LogP contribution in [0.3, 0.4) is 0 Å². The number of amides is 1. The van der Waals surface area contributed by atoms with E-state index in [0.717, 1.165) is 24.2 Å². The number of rotatable bonds is 14. The lowest BCUT2D eigenvalue weighted by Gasteiger charge is -2.23. The molecule has 12 heteroatoms. The molecular weight excluding hydrogens is 630 g/mol. The average Bonchev–Trinajstić information content (AvgIpc) is 3.63. The van der Waals surface area contributed by atoms with Gasteiger partial charge in [0.15, 0.2) is 15.8 Å². The van der Waals surface area contributed by atoms with Gasteiger partial charge < -0.3 is 19.3 Å². The zero-order valence-electron chi connectivity index (χ0n) is 25.7. The summed E-state index contributed by atoms with van der Waals surface area (Å²) in [5, 5.41) is 20.2. The number of aliphatic hydroxyl groups is 1. The number of aromatic nitrogens is 2. The minimum Gasteiger partial charge on any atom is -0.507 e. The Hall–Kier alpha value is -4.42. The van der Waals surface area contributed by atoms with Crippen LogP contribution in [0.15, 0.2) is 76.6 Å². The van der Waals surface area contributed by atoms with E-state index in [1.54, 1.807) is 60.7 Å². The second-order valence-electron chi connectivity index (χ2n) is 10.2. The first-order chi connectivity index (χ1) is 22.4. The van der Waals surface area contributed by atoms with E-state index in [0.29, 0.717) is 63.9 Å². The lowest BCUT2D eigenvalue weighted by molar-refractivity contribution is -0.132. The van der Waals surface area contributed by atoms with Crippen LogP contribution in [0.1, 0.15) is 56.3 Å². The largest absolute Gasteiger partial charge is 0.507 e. The molecule has 1 aliphatic heterocycles. The standard InChI is InChI=1S/C34H34FN3O6S2/c1-4-7-18-44-26-17-14-22(19-27(26)43-6-3)29-28(30(39)21-12-15-24(16-13-21)42-5-2)31(40)32(41)38(29)33-36-37-34(46-33)45-20-23-10-8-9-11-25(23)35/h8-17,19,29,39H,4-7,18,20H2,1-3H3/b30-28+. The molecule has 9 nitrogen and oxygen atoms in total. The molecule has 0 aliphatic carbocycles. The predicted molar refractivity (Wildman–Crippen MR) is 176 cm³/mol. The first-order valence-electron chi connectivity index (χ1n) is 15.0. The summed E-state index contributed by atoms with van der Waals surface area (Å²) in [6.07, 6.45) is 1.83. The number of Topliss-reactive ketones (excluding diaryl/α,β-unsaturated/α-hetero) is 1. The molecule has 2 heterocycles. The maximum atomic E-state index is 14.2. The molecule has 1 fully saturated rings. The first-order valence-corrected chi connectivity index (χ1v) is 16.8. The molecule has 1 amide bonds. The fourth-order valence-corrected chi connectivity index (χ4v) is 6.75. The lowest BCUT2D eigenvalue weighted by atomic mass is 9.95. The van der Waals surface area contributed by atoms with Crippen molar-refractivity contribution in [2.45, 2.75) is 49.7 Å².